The first-order valence-corrected chi connectivity index (χ1v) is 10.5. The highest BCUT2D eigenvalue weighted by atomic mass is 32.2. The molecule has 0 unspecified atom stereocenters. The molecule has 6 nitrogen and oxygen atoms in total. The Hall–Kier alpha value is -2.55. The van der Waals surface area contributed by atoms with Crippen molar-refractivity contribution in [2.45, 2.75) is 18.7 Å². The van der Waals surface area contributed by atoms with Gasteiger partial charge in [0.2, 0.25) is 10.0 Å². The molecule has 27 heavy (non-hydrogen) atoms. The van der Waals surface area contributed by atoms with Crippen molar-refractivity contribution in [1.29, 1.82) is 0 Å². The zero-order valence-electron chi connectivity index (χ0n) is 15.1. The second-order valence-electron chi connectivity index (χ2n) is 5.94. The Morgan fingerprint density at radius 1 is 1.07 bits per heavy atom. The van der Waals surface area contributed by atoms with E-state index in [9.17, 15) is 13.2 Å². The largest absolute Gasteiger partial charge is 0.298 e. The SMILES string of the molecule is CNS(=O)(=O)c1ccc(C)c(C(=O)Nc2nc(C)c(-c3ccccc3)s2)c1. The van der Waals surface area contributed by atoms with E-state index >= 15 is 0 Å². The molecule has 0 saturated heterocycles. The molecule has 0 spiro atoms. The summed E-state index contributed by atoms with van der Waals surface area (Å²) in [6.45, 7) is 3.65. The van der Waals surface area contributed by atoms with Crippen molar-refractivity contribution < 1.29 is 13.2 Å². The molecule has 0 bridgehead atoms. The average Bonchev–Trinajstić information content (AvgIpc) is 3.02. The maximum Gasteiger partial charge on any atom is 0.257 e. The Morgan fingerprint density at radius 3 is 2.44 bits per heavy atom. The highest BCUT2D eigenvalue weighted by molar-refractivity contribution is 7.89. The normalized spacial score (nSPS) is 11.4. The molecule has 0 aliphatic carbocycles. The van der Waals surface area contributed by atoms with Crippen LogP contribution in [0, 0.1) is 13.8 Å². The van der Waals surface area contributed by atoms with Gasteiger partial charge in [-0.3, -0.25) is 10.1 Å². The number of amides is 1. The first-order valence-electron chi connectivity index (χ1n) is 8.20. The van der Waals surface area contributed by atoms with Gasteiger partial charge < -0.3 is 0 Å². The van der Waals surface area contributed by atoms with E-state index in [-0.39, 0.29) is 4.90 Å². The van der Waals surface area contributed by atoms with Crippen LogP contribution in [0.25, 0.3) is 10.4 Å². The summed E-state index contributed by atoms with van der Waals surface area (Å²) in [4.78, 5) is 18.1. The van der Waals surface area contributed by atoms with Crippen LogP contribution in [0.5, 0.6) is 0 Å². The van der Waals surface area contributed by atoms with E-state index < -0.39 is 15.9 Å². The number of sulfonamides is 1. The summed E-state index contributed by atoms with van der Waals surface area (Å²) in [6, 6.07) is 14.3. The average molecular weight is 402 g/mol. The van der Waals surface area contributed by atoms with E-state index in [1.54, 1.807) is 13.0 Å². The van der Waals surface area contributed by atoms with E-state index in [2.05, 4.69) is 15.0 Å². The van der Waals surface area contributed by atoms with Crippen molar-refractivity contribution >= 4 is 32.4 Å². The van der Waals surface area contributed by atoms with Crippen LogP contribution in [0.15, 0.2) is 53.4 Å². The molecule has 3 rings (SSSR count). The van der Waals surface area contributed by atoms with Crippen LogP contribution >= 0.6 is 11.3 Å². The second-order valence-corrected chi connectivity index (χ2v) is 8.82. The van der Waals surface area contributed by atoms with Crippen LogP contribution in [0.4, 0.5) is 5.13 Å². The number of aryl methyl sites for hydroxylation is 2. The first kappa shape index (κ1) is 19.2. The van der Waals surface area contributed by atoms with Gasteiger partial charge in [-0.2, -0.15) is 0 Å². The number of rotatable bonds is 5. The summed E-state index contributed by atoms with van der Waals surface area (Å²) < 4.78 is 26.2. The lowest BCUT2D eigenvalue weighted by Crippen LogP contribution is -2.20. The van der Waals surface area contributed by atoms with Crippen molar-refractivity contribution in [2.24, 2.45) is 0 Å². The van der Waals surface area contributed by atoms with Crippen LogP contribution in [0.2, 0.25) is 0 Å². The first-order chi connectivity index (χ1) is 12.8. The molecule has 2 aromatic carbocycles. The second kappa shape index (κ2) is 7.59. The molecule has 140 valence electrons. The van der Waals surface area contributed by atoms with E-state index in [4.69, 9.17) is 0 Å². The molecule has 0 aliphatic heterocycles. The fraction of sp³-hybridized carbons (Fsp3) is 0.158. The molecular weight excluding hydrogens is 382 g/mol. The van der Waals surface area contributed by atoms with Gasteiger partial charge in [0.05, 0.1) is 15.5 Å². The maximum atomic E-state index is 12.7. The number of benzene rings is 2. The Kier molecular flexibility index (Phi) is 5.41. The van der Waals surface area contributed by atoms with Crippen molar-refractivity contribution in [3.8, 4) is 10.4 Å². The Labute approximate surface area is 162 Å². The van der Waals surface area contributed by atoms with Gasteiger partial charge in [-0.1, -0.05) is 47.7 Å². The number of nitrogens with zero attached hydrogens (tertiary/aromatic N) is 1. The topological polar surface area (TPSA) is 88.2 Å². The lowest BCUT2D eigenvalue weighted by atomic mass is 10.1. The van der Waals surface area contributed by atoms with Gasteiger partial charge >= 0.3 is 0 Å². The summed E-state index contributed by atoms with van der Waals surface area (Å²) >= 11 is 1.38. The summed E-state index contributed by atoms with van der Waals surface area (Å²) in [6.07, 6.45) is 0. The maximum absolute atomic E-state index is 12.7. The third-order valence-electron chi connectivity index (χ3n) is 4.09. The zero-order chi connectivity index (χ0) is 19.6. The van der Waals surface area contributed by atoms with Crippen molar-refractivity contribution in [2.75, 3.05) is 12.4 Å². The van der Waals surface area contributed by atoms with Crippen LogP contribution in [-0.2, 0) is 10.0 Å². The van der Waals surface area contributed by atoms with Crippen LogP contribution in [0.3, 0.4) is 0 Å². The van der Waals surface area contributed by atoms with Gasteiger partial charge in [-0.15, -0.1) is 0 Å². The van der Waals surface area contributed by atoms with Crippen LogP contribution in [-0.4, -0.2) is 26.4 Å². The lowest BCUT2D eigenvalue weighted by Gasteiger charge is -2.08. The Balaban J connectivity index is 1.90. The van der Waals surface area contributed by atoms with Gasteiger partial charge in [-0.05, 0) is 44.2 Å². The van der Waals surface area contributed by atoms with E-state index in [0.717, 1.165) is 16.1 Å². The Bertz CT molecular complexity index is 1090. The standard InChI is InChI=1S/C19H19N3O3S2/c1-12-9-10-15(27(24,25)20-3)11-16(12)18(23)22-19-21-13(2)17(26-19)14-7-5-4-6-8-14/h4-11,20H,1-3H3,(H,21,22,23). The highest BCUT2D eigenvalue weighted by Crippen LogP contribution is 2.32. The van der Waals surface area contributed by atoms with Crippen LogP contribution in [0.1, 0.15) is 21.6 Å². The number of hydrogen-bond donors (Lipinski definition) is 2. The summed E-state index contributed by atoms with van der Waals surface area (Å²) in [7, 11) is -2.29. The smallest absolute Gasteiger partial charge is 0.257 e. The molecule has 1 heterocycles. The Morgan fingerprint density at radius 2 is 1.78 bits per heavy atom. The molecule has 0 saturated carbocycles. The fourth-order valence-electron chi connectivity index (χ4n) is 2.60. The predicted octanol–water partition coefficient (Wildman–Crippen LogP) is 3.59. The molecule has 2 N–H and O–H groups in total. The monoisotopic (exact) mass is 401 g/mol. The number of aromatic nitrogens is 1. The number of carbonyl (C=O) groups is 1. The van der Waals surface area contributed by atoms with E-state index in [1.807, 2.05) is 37.3 Å². The molecule has 0 radical (unpaired) electrons. The third kappa shape index (κ3) is 4.08. The molecule has 1 amide bonds. The summed E-state index contributed by atoms with van der Waals surface area (Å²) in [5.74, 6) is -0.394. The summed E-state index contributed by atoms with van der Waals surface area (Å²) in [5, 5.41) is 3.25. The van der Waals surface area contributed by atoms with Crippen molar-refractivity contribution in [3.05, 3.63) is 65.4 Å². The van der Waals surface area contributed by atoms with Gasteiger partial charge in [0.15, 0.2) is 5.13 Å². The van der Waals surface area contributed by atoms with Crippen LogP contribution < -0.4 is 10.0 Å². The summed E-state index contributed by atoms with van der Waals surface area (Å²) in [5.41, 5.74) is 2.83. The van der Waals surface area contributed by atoms with Crippen molar-refractivity contribution in [3.63, 3.8) is 0 Å². The molecule has 1 aromatic heterocycles. The van der Waals surface area contributed by atoms with Gasteiger partial charge in [0.1, 0.15) is 0 Å². The zero-order valence-corrected chi connectivity index (χ0v) is 16.7. The molecule has 0 atom stereocenters. The number of anilines is 1. The number of hydrogen-bond acceptors (Lipinski definition) is 5. The van der Waals surface area contributed by atoms with Gasteiger partial charge in [0.25, 0.3) is 5.91 Å². The lowest BCUT2D eigenvalue weighted by molar-refractivity contribution is 0.102. The molecular formula is C19H19N3O3S2. The van der Waals surface area contributed by atoms with E-state index in [1.165, 1.54) is 30.5 Å². The van der Waals surface area contributed by atoms with Crippen molar-refractivity contribution in [1.82, 2.24) is 9.71 Å². The molecule has 0 fully saturated rings. The molecule has 3 aromatic rings. The minimum Gasteiger partial charge on any atom is -0.298 e. The van der Waals surface area contributed by atoms with Gasteiger partial charge in [-0.25, -0.2) is 18.1 Å². The molecule has 0 aliphatic rings. The van der Waals surface area contributed by atoms with E-state index in [0.29, 0.717) is 16.3 Å². The molecule has 8 heteroatoms. The minimum absolute atomic E-state index is 0.0426. The fourth-order valence-corrected chi connectivity index (χ4v) is 4.33. The number of thiazole rings is 1. The van der Waals surface area contributed by atoms with Gasteiger partial charge in [0, 0.05) is 5.56 Å². The predicted molar refractivity (Wildman–Crippen MR) is 108 cm³/mol. The quantitative estimate of drug-likeness (QED) is 0.684. The highest BCUT2D eigenvalue weighted by Gasteiger charge is 2.18. The minimum atomic E-state index is -3.63. The third-order valence-corrected chi connectivity index (χ3v) is 6.62. The number of nitrogens with one attached hydrogen (secondary N) is 2. The number of carbonyl (C=O) groups excluding carboxylic acids is 1.